The van der Waals surface area contributed by atoms with Crippen LogP contribution in [0.2, 0.25) is 0 Å². The molecule has 0 saturated carbocycles. The molecule has 1 aromatic heterocycles. The van der Waals surface area contributed by atoms with Gasteiger partial charge in [0.2, 0.25) is 5.91 Å². The molecule has 2 N–H and O–H groups in total. The van der Waals surface area contributed by atoms with Gasteiger partial charge in [0, 0.05) is 10.8 Å². The number of phenolic OH excluding ortho intramolecular Hbond substituents is 1. The van der Waals surface area contributed by atoms with Crippen LogP contribution in [0.4, 0.5) is 5.82 Å². The Balaban J connectivity index is 2.31. The van der Waals surface area contributed by atoms with Gasteiger partial charge >= 0.3 is 0 Å². The molecule has 0 bridgehead atoms. The van der Waals surface area contributed by atoms with E-state index in [1.807, 2.05) is 26.8 Å². The normalized spacial score (nSPS) is 11.5. The topological polar surface area (TPSA) is 62.2 Å². The lowest BCUT2D eigenvalue weighted by Crippen LogP contribution is -2.27. The van der Waals surface area contributed by atoms with Gasteiger partial charge in [-0.2, -0.15) is 0 Å². The third-order valence-electron chi connectivity index (χ3n) is 2.60. The maximum absolute atomic E-state index is 11.8. The number of aromatic hydroxyl groups is 1. The predicted molar refractivity (Wildman–Crippen MR) is 71.5 cm³/mol. The molecule has 94 valence electrons. The number of anilines is 1. The summed E-state index contributed by atoms with van der Waals surface area (Å²) >= 11 is 0. The minimum Gasteiger partial charge on any atom is -0.508 e. The minimum atomic E-state index is -0.453. The lowest BCUT2D eigenvalue weighted by atomic mass is 9.96. The molecule has 4 nitrogen and oxygen atoms in total. The van der Waals surface area contributed by atoms with Crippen LogP contribution < -0.4 is 5.32 Å². The molecular formula is C14H16N2O2. The first-order valence-corrected chi connectivity index (χ1v) is 5.77. The van der Waals surface area contributed by atoms with Crippen LogP contribution in [0.5, 0.6) is 5.75 Å². The molecule has 1 heterocycles. The highest BCUT2D eigenvalue weighted by Crippen LogP contribution is 2.21. The number of carbonyl (C=O) groups is 1. The molecule has 0 aliphatic heterocycles. The SMILES string of the molecule is CC(C)(C)C(=O)Nc1ccc2cc(O)ccc2n1. The Morgan fingerprint density at radius 1 is 1.22 bits per heavy atom. The van der Waals surface area contributed by atoms with E-state index < -0.39 is 5.41 Å². The number of phenols is 1. The summed E-state index contributed by atoms with van der Waals surface area (Å²) in [4.78, 5) is 16.2. The maximum atomic E-state index is 11.8. The highest BCUT2D eigenvalue weighted by atomic mass is 16.3. The van der Waals surface area contributed by atoms with Crippen molar-refractivity contribution in [1.82, 2.24) is 4.98 Å². The average molecular weight is 244 g/mol. The van der Waals surface area contributed by atoms with Crippen LogP contribution in [0, 0.1) is 5.41 Å². The summed E-state index contributed by atoms with van der Waals surface area (Å²) in [6.07, 6.45) is 0. The van der Waals surface area contributed by atoms with Crippen LogP contribution in [0.1, 0.15) is 20.8 Å². The van der Waals surface area contributed by atoms with E-state index in [4.69, 9.17) is 0 Å². The van der Waals surface area contributed by atoms with E-state index in [9.17, 15) is 9.90 Å². The van der Waals surface area contributed by atoms with E-state index in [0.717, 1.165) is 10.9 Å². The third-order valence-corrected chi connectivity index (χ3v) is 2.60. The summed E-state index contributed by atoms with van der Waals surface area (Å²) in [6, 6.07) is 8.48. The van der Waals surface area contributed by atoms with Crippen molar-refractivity contribution >= 4 is 22.6 Å². The first-order valence-electron chi connectivity index (χ1n) is 5.77. The number of rotatable bonds is 1. The number of pyridine rings is 1. The van der Waals surface area contributed by atoms with Crippen LogP contribution in [0.15, 0.2) is 30.3 Å². The Kier molecular flexibility index (Phi) is 2.95. The molecule has 1 aromatic carbocycles. The third kappa shape index (κ3) is 2.59. The Morgan fingerprint density at radius 3 is 2.61 bits per heavy atom. The zero-order valence-electron chi connectivity index (χ0n) is 10.7. The molecule has 0 radical (unpaired) electrons. The van der Waals surface area contributed by atoms with Gasteiger partial charge in [-0.3, -0.25) is 4.79 Å². The van der Waals surface area contributed by atoms with Crippen molar-refractivity contribution in [3.05, 3.63) is 30.3 Å². The fourth-order valence-electron chi connectivity index (χ4n) is 1.49. The van der Waals surface area contributed by atoms with Crippen molar-refractivity contribution in [2.24, 2.45) is 5.41 Å². The number of aromatic nitrogens is 1. The van der Waals surface area contributed by atoms with E-state index in [2.05, 4.69) is 10.3 Å². The second-order valence-electron chi connectivity index (χ2n) is 5.28. The summed E-state index contributed by atoms with van der Waals surface area (Å²) in [5.74, 6) is 0.650. The van der Waals surface area contributed by atoms with Crippen LogP contribution in [0.25, 0.3) is 10.9 Å². The summed E-state index contributed by atoms with van der Waals surface area (Å²) in [6.45, 7) is 5.55. The number of carbonyl (C=O) groups excluding carboxylic acids is 1. The molecule has 2 rings (SSSR count). The van der Waals surface area contributed by atoms with Gasteiger partial charge < -0.3 is 10.4 Å². The first kappa shape index (κ1) is 12.4. The molecule has 4 heteroatoms. The molecule has 0 saturated heterocycles. The second-order valence-corrected chi connectivity index (χ2v) is 5.28. The molecule has 2 aromatic rings. The van der Waals surface area contributed by atoms with Gasteiger partial charge in [-0.15, -0.1) is 0 Å². The van der Waals surface area contributed by atoms with Crippen molar-refractivity contribution in [3.63, 3.8) is 0 Å². The van der Waals surface area contributed by atoms with Gasteiger partial charge in [-0.1, -0.05) is 20.8 Å². The average Bonchev–Trinajstić information content (AvgIpc) is 2.28. The van der Waals surface area contributed by atoms with E-state index in [-0.39, 0.29) is 11.7 Å². The Bertz CT molecular complexity index is 600. The zero-order valence-corrected chi connectivity index (χ0v) is 10.7. The van der Waals surface area contributed by atoms with Gasteiger partial charge in [0.15, 0.2) is 0 Å². The molecule has 0 fully saturated rings. The zero-order chi connectivity index (χ0) is 13.3. The second kappa shape index (κ2) is 4.29. The van der Waals surface area contributed by atoms with Crippen LogP contribution in [-0.2, 0) is 4.79 Å². The van der Waals surface area contributed by atoms with Gasteiger partial charge in [0.05, 0.1) is 5.52 Å². The smallest absolute Gasteiger partial charge is 0.230 e. The van der Waals surface area contributed by atoms with Crippen LogP contribution >= 0.6 is 0 Å². The lowest BCUT2D eigenvalue weighted by Gasteiger charge is -2.17. The Morgan fingerprint density at radius 2 is 1.94 bits per heavy atom. The predicted octanol–water partition coefficient (Wildman–Crippen LogP) is 2.93. The number of fused-ring (bicyclic) bond motifs is 1. The molecular weight excluding hydrogens is 228 g/mol. The quantitative estimate of drug-likeness (QED) is 0.810. The van der Waals surface area contributed by atoms with Crippen LogP contribution in [-0.4, -0.2) is 16.0 Å². The molecule has 0 aliphatic rings. The highest BCUT2D eigenvalue weighted by Gasteiger charge is 2.21. The standard InChI is InChI=1S/C14H16N2O2/c1-14(2,3)13(18)16-12-7-4-9-8-10(17)5-6-11(9)15-12/h4-8,17H,1-3H3,(H,15,16,18). The fourth-order valence-corrected chi connectivity index (χ4v) is 1.49. The van der Waals surface area contributed by atoms with E-state index >= 15 is 0 Å². The van der Waals surface area contributed by atoms with Crippen LogP contribution in [0.3, 0.4) is 0 Å². The van der Waals surface area contributed by atoms with Crippen molar-refractivity contribution < 1.29 is 9.90 Å². The van der Waals surface area contributed by atoms with Crippen molar-refractivity contribution in [1.29, 1.82) is 0 Å². The molecule has 0 unspecified atom stereocenters. The van der Waals surface area contributed by atoms with Gasteiger partial charge in [0.25, 0.3) is 0 Å². The fraction of sp³-hybridized carbons (Fsp3) is 0.286. The van der Waals surface area contributed by atoms with E-state index in [1.165, 1.54) is 0 Å². The van der Waals surface area contributed by atoms with Crippen molar-refractivity contribution in [2.45, 2.75) is 20.8 Å². The summed E-state index contributed by atoms with van der Waals surface area (Å²) in [7, 11) is 0. The van der Waals surface area contributed by atoms with Gasteiger partial charge in [-0.25, -0.2) is 4.98 Å². The van der Waals surface area contributed by atoms with Crippen molar-refractivity contribution in [3.8, 4) is 5.75 Å². The maximum Gasteiger partial charge on any atom is 0.230 e. The minimum absolute atomic E-state index is 0.0758. The number of nitrogens with one attached hydrogen (secondary N) is 1. The first-order chi connectivity index (χ1) is 8.36. The van der Waals surface area contributed by atoms with E-state index in [1.54, 1.807) is 24.3 Å². The molecule has 0 aliphatic carbocycles. The Labute approximate surface area is 106 Å². The molecule has 0 atom stereocenters. The monoisotopic (exact) mass is 244 g/mol. The Hall–Kier alpha value is -2.10. The number of hydrogen-bond acceptors (Lipinski definition) is 3. The summed E-state index contributed by atoms with van der Waals surface area (Å²) in [5.41, 5.74) is 0.283. The molecule has 18 heavy (non-hydrogen) atoms. The lowest BCUT2D eigenvalue weighted by molar-refractivity contribution is -0.123. The number of amides is 1. The van der Waals surface area contributed by atoms with E-state index in [0.29, 0.717) is 5.82 Å². The summed E-state index contributed by atoms with van der Waals surface area (Å²) < 4.78 is 0. The number of nitrogens with zero attached hydrogens (tertiary/aromatic N) is 1. The van der Waals surface area contributed by atoms with Crippen molar-refractivity contribution in [2.75, 3.05) is 5.32 Å². The van der Waals surface area contributed by atoms with Gasteiger partial charge in [-0.05, 0) is 30.3 Å². The number of benzene rings is 1. The summed E-state index contributed by atoms with van der Waals surface area (Å²) in [5, 5.41) is 13.0. The molecule has 1 amide bonds. The van der Waals surface area contributed by atoms with Gasteiger partial charge in [0.1, 0.15) is 11.6 Å². The molecule has 0 spiro atoms. The highest BCUT2D eigenvalue weighted by molar-refractivity contribution is 5.94. The number of hydrogen-bond donors (Lipinski definition) is 2. The largest absolute Gasteiger partial charge is 0.508 e.